The van der Waals surface area contributed by atoms with Gasteiger partial charge >= 0.3 is 0 Å². The summed E-state index contributed by atoms with van der Waals surface area (Å²) in [6, 6.07) is 5.72. The molecule has 4 heteroatoms. The van der Waals surface area contributed by atoms with E-state index < -0.39 is 0 Å². The minimum atomic E-state index is 0.0269. The van der Waals surface area contributed by atoms with Crippen LogP contribution in [0.5, 0.6) is 0 Å². The largest absolute Gasteiger partial charge is 0.458 e. The Morgan fingerprint density at radius 1 is 1.44 bits per heavy atom. The van der Waals surface area contributed by atoms with Crippen molar-refractivity contribution in [3.05, 3.63) is 45.0 Å². The van der Waals surface area contributed by atoms with E-state index in [0.717, 1.165) is 29.2 Å². The van der Waals surface area contributed by atoms with Crippen LogP contribution in [0.25, 0.3) is 0 Å². The zero-order valence-corrected chi connectivity index (χ0v) is 11.8. The molecule has 2 aromatic rings. The van der Waals surface area contributed by atoms with Crippen LogP contribution in [0.2, 0.25) is 0 Å². The number of fused-ring (bicyclic) bond motifs is 1. The first-order valence-electron chi connectivity index (χ1n) is 6.10. The smallest absolute Gasteiger partial charge is 0.238 e. The average Bonchev–Trinajstić information content (AvgIpc) is 3.04. The molecule has 0 aliphatic carbocycles. The molecule has 0 fully saturated rings. The van der Waals surface area contributed by atoms with Gasteiger partial charge in [-0.05, 0) is 35.9 Å². The Morgan fingerprint density at radius 2 is 2.33 bits per heavy atom. The molecule has 0 N–H and O–H groups in total. The third-order valence-corrected chi connectivity index (χ3v) is 5.33. The number of carbonyl (C=O) groups is 1. The monoisotopic (exact) mass is 278 g/mol. The van der Waals surface area contributed by atoms with Crippen LogP contribution < -0.4 is 0 Å². The van der Waals surface area contributed by atoms with Gasteiger partial charge in [0.05, 0.1) is 4.88 Å². The highest BCUT2D eigenvalue weighted by atomic mass is 32.2. The fourth-order valence-corrected chi connectivity index (χ4v) is 4.39. The van der Waals surface area contributed by atoms with Gasteiger partial charge in [0.1, 0.15) is 5.76 Å². The van der Waals surface area contributed by atoms with Crippen LogP contribution in [-0.2, 0) is 18.6 Å². The number of ketones is 1. The lowest BCUT2D eigenvalue weighted by Gasteiger charge is -2.08. The average molecular weight is 278 g/mol. The molecule has 0 saturated heterocycles. The summed E-state index contributed by atoms with van der Waals surface area (Å²) in [6.45, 7) is 2.02. The molecule has 0 unspecified atom stereocenters. The highest BCUT2D eigenvalue weighted by Crippen LogP contribution is 2.32. The van der Waals surface area contributed by atoms with E-state index in [-0.39, 0.29) is 5.78 Å². The Balaban J connectivity index is 1.89. The molecule has 0 radical (unpaired) electrons. The van der Waals surface area contributed by atoms with Gasteiger partial charge in [-0.1, -0.05) is 6.92 Å². The van der Waals surface area contributed by atoms with Crippen LogP contribution in [0, 0.1) is 0 Å². The Bertz CT molecular complexity index is 557. The number of aryl methyl sites for hydroxylation is 2. The third-order valence-electron chi connectivity index (χ3n) is 3.09. The minimum absolute atomic E-state index is 0.0269. The number of thioether (sulfide) groups is 1. The highest BCUT2D eigenvalue weighted by Gasteiger charge is 2.20. The van der Waals surface area contributed by atoms with Gasteiger partial charge in [-0.2, -0.15) is 11.8 Å². The second kappa shape index (κ2) is 4.94. The van der Waals surface area contributed by atoms with Crippen molar-refractivity contribution in [2.24, 2.45) is 0 Å². The van der Waals surface area contributed by atoms with Crippen molar-refractivity contribution in [3.8, 4) is 0 Å². The van der Waals surface area contributed by atoms with E-state index in [1.54, 1.807) is 17.4 Å². The first-order valence-corrected chi connectivity index (χ1v) is 8.07. The van der Waals surface area contributed by atoms with Gasteiger partial charge in [-0.3, -0.25) is 4.79 Å². The number of hydrogen-bond acceptors (Lipinski definition) is 4. The predicted octanol–water partition coefficient (Wildman–Crippen LogP) is 3.92. The summed E-state index contributed by atoms with van der Waals surface area (Å²) in [5, 5.41) is 0. The summed E-state index contributed by atoms with van der Waals surface area (Å²) < 4.78 is 5.53. The van der Waals surface area contributed by atoms with Crippen LogP contribution in [0.15, 0.2) is 22.6 Å². The standard InChI is InChI=1S/C14H14O2S2/c1-2-10-3-4-11(16-10)14(15)13-7-9-8-17-6-5-12(9)18-13/h3-4,7H,2,5-6,8H2,1H3. The lowest BCUT2D eigenvalue weighted by atomic mass is 10.2. The summed E-state index contributed by atoms with van der Waals surface area (Å²) in [6.07, 6.45) is 1.92. The molecule has 1 aliphatic heterocycles. The zero-order chi connectivity index (χ0) is 12.5. The predicted molar refractivity (Wildman–Crippen MR) is 75.7 cm³/mol. The maximum absolute atomic E-state index is 12.3. The molecule has 0 spiro atoms. The second-order valence-corrected chi connectivity index (χ2v) is 6.55. The molecule has 18 heavy (non-hydrogen) atoms. The fourth-order valence-electron chi connectivity index (χ4n) is 2.07. The van der Waals surface area contributed by atoms with Crippen molar-refractivity contribution in [1.29, 1.82) is 0 Å². The van der Waals surface area contributed by atoms with Crippen LogP contribution in [0.1, 0.15) is 38.6 Å². The van der Waals surface area contributed by atoms with Crippen LogP contribution in [0.3, 0.4) is 0 Å². The molecule has 94 valence electrons. The molecule has 0 bridgehead atoms. The molecule has 2 nitrogen and oxygen atoms in total. The topological polar surface area (TPSA) is 30.2 Å². The second-order valence-electron chi connectivity index (χ2n) is 4.31. The highest BCUT2D eigenvalue weighted by molar-refractivity contribution is 7.98. The summed E-state index contributed by atoms with van der Waals surface area (Å²) in [5.74, 6) is 3.58. The third kappa shape index (κ3) is 2.15. The molecule has 0 aromatic carbocycles. The van der Waals surface area contributed by atoms with Gasteiger partial charge in [0.2, 0.25) is 5.78 Å². The van der Waals surface area contributed by atoms with Gasteiger partial charge in [0.15, 0.2) is 5.76 Å². The molecule has 3 rings (SSSR count). The zero-order valence-electron chi connectivity index (χ0n) is 10.2. The Morgan fingerprint density at radius 3 is 3.06 bits per heavy atom. The fraction of sp³-hybridized carbons (Fsp3) is 0.357. The summed E-state index contributed by atoms with van der Waals surface area (Å²) in [4.78, 5) is 14.5. The van der Waals surface area contributed by atoms with Crippen molar-refractivity contribution >= 4 is 28.9 Å². The lowest BCUT2D eigenvalue weighted by Crippen LogP contribution is -1.96. The van der Waals surface area contributed by atoms with E-state index in [4.69, 9.17) is 4.42 Å². The van der Waals surface area contributed by atoms with E-state index in [9.17, 15) is 4.79 Å². The molecule has 0 amide bonds. The normalized spacial score (nSPS) is 14.5. The van der Waals surface area contributed by atoms with Gasteiger partial charge in [-0.15, -0.1) is 11.3 Å². The quantitative estimate of drug-likeness (QED) is 0.797. The molecular weight excluding hydrogens is 264 g/mol. The van der Waals surface area contributed by atoms with Crippen LogP contribution in [-0.4, -0.2) is 11.5 Å². The summed E-state index contributed by atoms with van der Waals surface area (Å²) >= 11 is 3.57. The summed E-state index contributed by atoms with van der Waals surface area (Å²) in [5.41, 5.74) is 1.34. The lowest BCUT2D eigenvalue weighted by molar-refractivity contribution is 0.101. The van der Waals surface area contributed by atoms with Crippen molar-refractivity contribution in [2.75, 3.05) is 5.75 Å². The van der Waals surface area contributed by atoms with Crippen molar-refractivity contribution in [1.82, 2.24) is 0 Å². The number of rotatable bonds is 3. The maximum Gasteiger partial charge on any atom is 0.238 e. The molecule has 0 saturated carbocycles. The van der Waals surface area contributed by atoms with Crippen LogP contribution >= 0.6 is 23.1 Å². The van der Waals surface area contributed by atoms with Gasteiger partial charge in [0.25, 0.3) is 0 Å². The van der Waals surface area contributed by atoms with E-state index in [1.807, 2.05) is 30.8 Å². The maximum atomic E-state index is 12.3. The first-order chi connectivity index (χ1) is 8.78. The molecular formula is C14H14O2S2. The van der Waals surface area contributed by atoms with E-state index in [2.05, 4.69) is 0 Å². The van der Waals surface area contributed by atoms with Gasteiger partial charge in [-0.25, -0.2) is 0 Å². The number of thiophene rings is 1. The van der Waals surface area contributed by atoms with E-state index in [0.29, 0.717) is 5.76 Å². The Hall–Kier alpha value is -1.00. The van der Waals surface area contributed by atoms with Gasteiger partial charge < -0.3 is 4.42 Å². The van der Waals surface area contributed by atoms with Crippen molar-refractivity contribution < 1.29 is 9.21 Å². The van der Waals surface area contributed by atoms with E-state index >= 15 is 0 Å². The molecule has 1 aliphatic rings. The van der Waals surface area contributed by atoms with Crippen molar-refractivity contribution in [3.63, 3.8) is 0 Å². The Labute approximate surface area is 114 Å². The minimum Gasteiger partial charge on any atom is -0.458 e. The number of furan rings is 1. The number of carbonyl (C=O) groups excluding carboxylic acids is 1. The van der Waals surface area contributed by atoms with Crippen molar-refractivity contribution in [2.45, 2.75) is 25.5 Å². The SMILES string of the molecule is CCc1ccc(C(=O)c2cc3c(s2)CCSC3)o1. The Kier molecular flexibility index (Phi) is 3.31. The molecule has 2 aromatic heterocycles. The molecule has 3 heterocycles. The summed E-state index contributed by atoms with van der Waals surface area (Å²) in [7, 11) is 0. The van der Waals surface area contributed by atoms with Crippen LogP contribution in [0.4, 0.5) is 0 Å². The first kappa shape index (κ1) is 12.1. The number of hydrogen-bond donors (Lipinski definition) is 0. The van der Waals surface area contributed by atoms with E-state index in [1.165, 1.54) is 16.2 Å². The molecule has 0 atom stereocenters. The van der Waals surface area contributed by atoms with Gasteiger partial charge in [0, 0.05) is 17.1 Å².